The van der Waals surface area contributed by atoms with E-state index in [1.165, 1.54) is 11.1 Å². The first-order chi connectivity index (χ1) is 12.2. The Hall–Kier alpha value is -2.17. The van der Waals surface area contributed by atoms with Crippen molar-refractivity contribution >= 4 is 11.6 Å². The summed E-state index contributed by atoms with van der Waals surface area (Å²) in [5.74, 6) is 0.0136. The highest BCUT2D eigenvalue weighted by molar-refractivity contribution is 5.92. The van der Waals surface area contributed by atoms with Gasteiger partial charge >= 0.3 is 0 Å². The molecule has 1 N–H and O–H groups in total. The zero-order valence-electron chi connectivity index (χ0n) is 15.2. The van der Waals surface area contributed by atoms with Crippen LogP contribution in [0.5, 0.6) is 0 Å². The van der Waals surface area contributed by atoms with E-state index in [2.05, 4.69) is 34.5 Å². The quantitative estimate of drug-likeness (QED) is 0.719. The molecule has 0 fully saturated rings. The molecule has 2 aromatic carbocycles. The fourth-order valence-corrected chi connectivity index (χ4v) is 2.68. The van der Waals surface area contributed by atoms with Gasteiger partial charge in [-0.1, -0.05) is 48.0 Å². The maximum absolute atomic E-state index is 12.3. The number of carbonyl (C=O) groups is 1. The second kappa shape index (κ2) is 10.6. The number of nitrogens with one attached hydrogen (secondary N) is 1. The number of carbonyl (C=O) groups excluding carboxylic acids is 1. The molecule has 0 aliphatic heterocycles. The van der Waals surface area contributed by atoms with Gasteiger partial charge in [-0.25, -0.2) is 0 Å². The van der Waals surface area contributed by atoms with Crippen molar-refractivity contribution in [2.45, 2.75) is 19.8 Å². The van der Waals surface area contributed by atoms with E-state index < -0.39 is 0 Å². The summed E-state index contributed by atoms with van der Waals surface area (Å²) in [6.45, 7) is 4.67. The van der Waals surface area contributed by atoms with Crippen molar-refractivity contribution in [3.63, 3.8) is 0 Å². The second-order valence-corrected chi connectivity index (χ2v) is 6.27. The van der Waals surface area contributed by atoms with Gasteiger partial charge in [0.2, 0.25) is 5.91 Å². The van der Waals surface area contributed by atoms with E-state index in [4.69, 9.17) is 4.74 Å². The van der Waals surface area contributed by atoms with Gasteiger partial charge in [0.25, 0.3) is 0 Å². The topological polar surface area (TPSA) is 41.6 Å². The molecule has 0 heterocycles. The Morgan fingerprint density at radius 2 is 1.76 bits per heavy atom. The monoisotopic (exact) mass is 340 g/mol. The van der Waals surface area contributed by atoms with Crippen molar-refractivity contribution in [2.75, 3.05) is 38.7 Å². The second-order valence-electron chi connectivity index (χ2n) is 6.27. The third-order valence-electron chi connectivity index (χ3n) is 4.10. The third-order valence-corrected chi connectivity index (χ3v) is 4.10. The van der Waals surface area contributed by atoms with Crippen LogP contribution in [0.25, 0.3) is 0 Å². The fourth-order valence-electron chi connectivity index (χ4n) is 2.68. The first kappa shape index (κ1) is 19.2. The number of benzene rings is 2. The number of hydrogen-bond donors (Lipinski definition) is 1. The molecule has 2 rings (SSSR count). The minimum Gasteiger partial charge on any atom is -0.383 e. The van der Waals surface area contributed by atoms with Gasteiger partial charge in [-0.2, -0.15) is 0 Å². The fraction of sp³-hybridized carbons (Fsp3) is 0.381. The van der Waals surface area contributed by atoms with Crippen LogP contribution in [0.15, 0.2) is 54.6 Å². The van der Waals surface area contributed by atoms with Crippen LogP contribution in [-0.2, 0) is 16.0 Å². The van der Waals surface area contributed by atoms with Gasteiger partial charge in [0.15, 0.2) is 0 Å². The molecule has 0 bridgehead atoms. The van der Waals surface area contributed by atoms with E-state index in [1.54, 1.807) is 7.11 Å². The normalized spacial score (nSPS) is 10.8. The zero-order valence-corrected chi connectivity index (χ0v) is 15.2. The molecule has 4 nitrogen and oxygen atoms in total. The van der Waals surface area contributed by atoms with Crippen LogP contribution in [0.4, 0.5) is 5.69 Å². The molecule has 0 radical (unpaired) electrons. The Bertz CT molecular complexity index is 626. The van der Waals surface area contributed by atoms with Gasteiger partial charge in [0.05, 0.1) is 13.2 Å². The van der Waals surface area contributed by atoms with Crippen molar-refractivity contribution in [1.82, 2.24) is 4.90 Å². The van der Waals surface area contributed by atoms with Crippen LogP contribution in [0.2, 0.25) is 0 Å². The average Bonchev–Trinajstić information content (AvgIpc) is 2.62. The van der Waals surface area contributed by atoms with Crippen molar-refractivity contribution in [2.24, 2.45) is 0 Å². The van der Waals surface area contributed by atoms with Crippen LogP contribution in [0.3, 0.4) is 0 Å². The van der Waals surface area contributed by atoms with E-state index in [0.29, 0.717) is 13.2 Å². The molecular formula is C21H28N2O2. The summed E-state index contributed by atoms with van der Waals surface area (Å²) in [6, 6.07) is 18.3. The summed E-state index contributed by atoms with van der Waals surface area (Å²) in [5, 5.41) is 2.96. The summed E-state index contributed by atoms with van der Waals surface area (Å²) >= 11 is 0. The van der Waals surface area contributed by atoms with Crippen LogP contribution < -0.4 is 5.32 Å². The summed E-state index contributed by atoms with van der Waals surface area (Å²) < 4.78 is 5.18. The number of amides is 1. The number of hydrogen-bond acceptors (Lipinski definition) is 3. The van der Waals surface area contributed by atoms with Crippen molar-refractivity contribution < 1.29 is 9.53 Å². The Morgan fingerprint density at radius 1 is 1.04 bits per heavy atom. The molecule has 0 aromatic heterocycles. The molecule has 25 heavy (non-hydrogen) atoms. The van der Waals surface area contributed by atoms with E-state index in [1.807, 2.05) is 37.3 Å². The standard InChI is InChI=1S/C21H28N2O2/c1-18-10-12-20(13-11-18)22-21(24)17-23(15-16-25-2)14-6-9-19-7-4-3-5-8-19/h3-5,7-8,10-13H,6,9,14-17H2,1-2H3,(H,22,24). The van der Waals surface area contributed by atoms with Crippen LogP contribution in [0.1, 0.15) is 17.5 Å². The highest BCUT2D eigenvalue weighted by atomic mass is 16.5. The van der Waals surface area contributed by atoms with Gasteiger partial charge in [-0.3, -0.25) is 9.69 Å². The van der Waals surface area contributed by atoms with Crippen LogP contribution in [0, 0.1) is 6.92 Å². The first-order valence-electron chi connectivity index (χ1n) is 8.79. The van der Waals surface area contributed by atoms with Crippen molar-refractivity contribution in [3.8, 4) is 0 Å². The van der Waals surface area contributed by atoms with Gasteiger partial charge < -0.3 is 10.1 Å². The number of methoxy groups -OCH3 is 1. The van der Waals surface area contributed by atoms with E-state index in [0.717, 1.165) is 31.6 Å². The number of nitrogens with zero attached hydrogens (tertiary/aromatic N) is 1. The molecule has 0 aliphatic rings. The molecule has 0 saturated carbocycles. The average molecular weight is 340 g/mol. The van der Waals surface area contributed by atoms with Gasteiger partial charge in [0, 0.05) is 19.3 Å². The summed E-state index contributed by atoms with van der Waals surface area (Å²) in [5.41, 5.74) is 3.35. The predicted molar refractivity (Wildman–Crippen MR) is 103 cm³/mol. The minimum atomic E-state index is 0.0136. The van der Waals surface area contributed by atoms with Gasteiger partial charge in [-0.15, -0.1) is 0 Å². The summed E-state index contributed by atoms with van der Waals surface area (Å²) in [7, 11) is 1.69. The van der Waals surface area contributed by atoms with E-state index in [9.17, 15) is 4.79 Å². The Balaban J connectivity index is 1.81. The summed E-state index contributed by atoms with van der Waals surface area (Å²) in [4.78, 5) is 14.5. The highest BCUT2D eigenvalue weighted by Gasteiger charge is 2.11. The Kier molecular flexibility index (Phi) is 8.16. The molecule has 1 amide bonds. The smallest absolute Gasteiger partial charge is 0.238 e. The van der Waals surface area contributed by atoms with E-state index >= 15 is 0 Å². The van der Waals surface area contributed by atoms with Gasteiger partial charge in [-0.05, 0) is 44.0 Å². The zero-order chi connectivity index (χ0) is 17.9. The first-order valence-corrected chi connectivity index (χ1v) is 8.79. The molecule has 0 saturated heterocycles. The maximum Gasteiger partial charge on any atom is 0.238 e. The number of anilines is 1. The number of aryl methyl sites for hydroxylation is 2. The Labute approximate surface area is 150 Å². The minimum absolute atomic E-state index is 0.0136. The highest BCUT2D eigenvalue weighted by Crippen LogP contribution is 2.09. The molecule has 0 unspecified atom stereocenters. The van der Waals surface area contributed by atoms with Crippen LogP contribution >= 0.6 is 0 Å². The van der Waals surface area contributed by atoms with Crippen molar-refractivity contribution in [1.29, 1.82) is 0 Å². The van der Waals surface area contributed by atoms with E-state index in [-0.39, 0.29) is 5.91 Å². The lowest BCUT2D eigenvalue weighted by Crippen LogP contribution is -2.36. The summed E-state index contributed by atoms with van der Waals surface area (Å²) in [6.07, 6.45) is 2.04. The lowest BCUT2D eigenvalue weighted by Gasteiger charge is -2.21. The molecule has 2 aromatic rings. The van der Waals surface area contributed by atoms with Crippen LogP contribution in [-0.4, -0.2) is 44.2 Å². The largest absolute Gasteiger partial charge is 0.383 e. The predicted octanol–water partition coefficient (Wildman–Crippen LogP) is 3.51. The molecule has 0 spiro atoms. The SMILES string of the molecule is COCCN(CCCc1ccccc1)CC(=O)Nc1ccc(C)cc1. The molecule has 4 heteroatoms. The van der Waals surface area contributed by atoms with Crippen molar-refractivity contribution in [3.05, 3.63) is 65.7 Å². The molecule has 134 valence electrons. The molecule has 0 atom stereocenters. The maximum atomic E-state index is 12.3. The number of rotatable bonds is 10. The third kappa shape index (κ3) is 7.50. The molecular weight excluding hydrogens is 312 g/mol. The lowest BCUT2D eigenvalue weighted by atomic mass is 10.1. The molecule has 0 aliphatic carbocycles. The lowest BCUT2D eigenvalue weighted by molar-refractivity contribution is -0.117. The number of ether oxygens (including phenoxy) is 1. The van der Waals surface area contributed by atoms with Gasteiger partial charge in [0.1, 0.15) is 0 Å². The Morgan fingerprint density at radius 3 is 2.44 bits per heavy atom.